The van der Waals surface area contributed by atoms with E-state index in [1.807, 2.05) is 24.3 Å². The molecule has 2 aromatic rings. The van der Waals surface area contributed by atoms with Gasteiger partial charge in [-0.1, -0.05) is 95.0 Å². The molecule has 178 valence electrons. The minimum absolute atomic E-state index is 0. The molecule has 2 rings (SSSR count). The van der Waals surface area contributed by atoms with Gasteiger partial charge in [0.2, 0.25) is 0 Å². The van der Waals surface area contributed by atoms with Gasteiger partial charge >= 0.3 is 0 Å². The average molecular weight is 555 g/mol. The van der Waals surface area contributed by atoms with Crippen LogP contribution in [-0.4, -0.2) is 22.6 Å². The number of hydrogen-bond donors (Lipinski definition) is 0. The van der Waals surface area contributed by atoms with Crippen molar-refractivity contribution in [1.82, 2.24) is 0 Å². The summed E-state index contributed by atoms with van der Waals surface area (Å²) in [6, 6.07) is 7.93. The molecule has 0 N–H and O–H groups in total. The molecule has 31 heavy (non-hydrogen) atoms. The molecule has 0 bridgehead atoms. The number of furan rings is 2. The third kappa shape index (κ3) is 13.0. The van der Waals surface area contributed by atoms with E-state index in [0.717, 1.165) is 47.0 Å². The van der Waals surface area contributed by atoms with E-state index in [4.69, 9.17) is 8.83 Å². The molecule has 2 aromatic heterocycles. The first-order valence-electron chi connectivity index (χ1n) is 11.1. The fraction of sp³-hybridized carbons (Fsp3) is 0.538. The maximum absolute atomic E-state index is 5.29. The Morgan fingerprint density at radius 3 is 1.19 bits per heavy atom. The number of rotatable bonds is 10. The Morgan fingerprint density at radius 2 is 0.968 bits per heavy atom. The maximum atomic E-state index is 5.29. The molecular formula is C26H42O2P2Pd. The Balaban J connectivity index is 0.000000562. The van der Waals surface area contributed by atoms with Crippen molar-refractivity contribution < 1.29 is 29.3 Å². The van der Waals surface area contributed by atoms with Gasteiger partial charge < -0.3 is 8.83 Å². The summed E-state index contributed by atoms with van der Waals surface area (Å²) in [5, 5.41) is 0. The third-order valence-electron chi connectivity index (χ3n) is 4.74. The van der Waals surface area contributed by atoms with Crippen LogP contribution in [0.4, 0.5) is 0 Å². The molecule has 0 aromatic carbocycles. The van der Waals surface area contributed by atoms with E-state index in [2.05, 4.69) is 79.2 Å². The predicted octanol–water partition coefficient (Wildman–Crippen LogP) is 9.27. The van der Waals surface area contributed by atoms with Crippen LogP contribution in [0.1, 0.15) is 66.9 Å². The summed E-state index contributed by atoms with van der Waals surface area (Å²) in [6.45, 7) is 18.5. The van der Waals surface area contributed by atoms with Gasteiger partial charge in [0.1, 0.15) is 11.5 Å². The molecule has 0 atom stereocenters. The summed E-state index contributed by atoms with van der Waals surface area (Å²) in [5.74, 6) is 6.89. The molecule has 0 amide bonds. The average Bonchev–Trinajstić information content (AvgIpc) is 3.35. The molecule has 0 aliphatic carbocycles. The maximum Gasteiger partial charge on any atom is 0.107 e. The van der Waals surface area contributed by atoms with Crippen LogP contribution in [-0.2, 0) is 33.3 Å². The smallest absolute Gasteiger partial charge is 0.107 e. The van der Waals surface area contributed by atoms with Gasteiger partial charge in [-0.3, -0.25) is 0 Å². The van der Waals surface area contributed by atoms with Crippen LogP contribution >= 0.6 is 15.8 Å². The summed E-state index contributed by atoms with van der Waals surface area (Å²) in [7, 11) is 0.0347. The van der Waals surface area contributed by atoms with Gasteiger partial charge in [0.25, 0.3) is 0 Å². The minimum Gasteiger partial charge on any atom is -0.469 e. The Kier molecular flexibility index (Phi) is 16.9. The molecule has 0 spiro atoms. The molecule has 2 heterocycles. The number of allylic oxidation sites excluding steroid dienone is 2. The Labute approximate surface area is 207 Å². The van der Waals surface area contributed by atoms with Crippen molar-refractivity contribution in [3.63, 3.8) is 0 Å². The zero-order valence-corrected chi connectivity index (χ0v) is 23.9. The van der Waals surface area contributed by atoms with Crippen molar-refractivity contribution in [3.05, 3.63) is 72.1 Å². The van der Waals surface area contributed by atoms with E-state index in [0.29, 0.717) is 0 Å². The van der Waals surface area contributed by atoms with Gasteiger partial charge in [-0.2, -0.15) is 0 Å². The van der Waals surface area contributed by atoms with Crippen LogP contribution in [0, 0.1) is 0 Å². The first kappa shape index (κ1) is 30.6. The molecule has 5 heteroatoms. The zero-order valence-electron chi connectivity index (χ0n) is 20.5. The summed E-state index contributed by atoms with van der Waals surface area (Å²) in [6.07, 6.45) is 9.82. The van der Waals surface area contributed by atoms with E-state index in [-0.39, 0.29) is 36.3 Å². The van der Waals surface area contributed by atoms with Crippen molar-refractivity contribution >= 4 is 15.8 Å². The van der Waals surface area contributed by atoms with Crippen molar-refractivity contribution in [3.8, 4) is 0 Å². The molecule has 0 fully saturated rings. The Bertz CT molecular complexity index is 624. The molecule has 0 unspecified atom stereocenters. The van der Waals surface area contributed by atoms with Gasteiger partial charge in [-0.25, -0.2) is 0 Å². The van der Waals surface area contributed by atoms with E-state index >= 15 is 0 Å². The van der Waals surface area contributed by atoms with Gasteiger partial charge in [0, 0.05) is 33.3 Å². The second kappa shape index (κ2) is 17.1. The summed E-state index contributed by atoms with van der Waals surface area (Å²) in [5.41, 5.74) is 3.08. The molecule has 0 saturated carbocycles. The van der Waals surface area contributed by atoms with Gasteiger partial charge in [-0.05, 0) is 46.9 Å². The van der Waals surface area contributed by atoms with Crippen LogP contribution in [0.2, 0.25) is 0 Å². The topological polar surface area (TPSA) is 26.3 Å². The summed E-state index contributed by atoms with van der Waals surface area (Å²) >= 11 is 0. The van der Waals surface area contributed by atoms with Crippen molar-refractivity contribution in [1.29, 1.82) is 0 Å². The van der Waals surface area contributed by atoms with Crippen LogP contribution in [0.15, 0.2) is 69.4 Å². The monoisotopic (exact) mass is 554 g/mol. The van der Waals surface area contributed by atoms with E-state index in [9.17, 15) is 0 Å². The van der Waals surface area contributed by atoms with E-state index < -0.39 is 0 Å². The second-order valence-corrected chi connectivity index (χ2v) is 15.1. The normalized spacial score (nSPS) is 12.1. The van der Waals surface area contributed by atoms with Crippen LogP contribution in [0.5, 0.6) is 0 Å². The quantitative estimate of drug-likeness (QED) is 0.216. The molecule has 0 aliphatic rings. The third-order valence-corrected chi connectivity index (χ3v) is 10.6. The van der Waals surface area contributed by atoms with E-state index in [1.165, 1.54) is 0 Å². The molecule has 2 nitrogen and oxygen atoms in total. The zero-order chi connectivity index (χ0) is 22.5. The first-order chi connectivity index (χ1) is 14.2. The largest absolute Gasteiger partial charge is 0.469 e. The van der Waals surface area contributed by atoms with Crippen LogP contribution < -0.4 is 0 Å². The predicted molar refractivity (Wildman–Crippen MR) is 137 cm³/mol. The Morgan fingerprint density at radius 1 is 0.645 bits per heavy atom. The first-order valence-corrected chi connectivity index (χ1v) is 14.2. The van der Waals surface area contributed by atoms with Crippen molar-refractivity contribution in [2.75, 3.05) is 0 Å². The van der Waals surface area contributed by atoms with E-state index in [1.54, 1.807) is 12.5 Å². The SMILES string of the molecule is CC(C)P(C=CCc1ccco1)C(C)C.CC(C)P(C=CCc1ccco1)C(C)C.[Pd]. The molecule has 0 aliphatic heterocycles. The molecule has 0 saturated heterocycles. The fourth-order valence-electron chi connectivity index (χ4n) is 3.32. The molecule has 0 radical (unpaired) electrons. The molecular weight excluding hydrogens is 513 g/mol. The van der Waals surface area contributed by atoms with Crippen LogP contribution in [0.3, 0.4) is 0 Å². The van der Waals surface area contributed by atoms with Crippen LogP contribution in [0.25, 0.3) is 0 Å². The standard InChI is InChI=1S/2C13H21OP.Pd/c2*1-11(2)15(12(3)4)10-6-8-13-7-5-9-14-13;/h2*5-7,9-12H,8H2,1-4H3;. The number of hydrogen-bond acceptors (Lipinski definition) is 2. The summed E-state index contributed by atoms with van der Waals surface area (Å²) in [4.78, 5) is 0. The second-order valence-electron chi connectivity index (χ2n) is 8.61. The van der Waals surface area contributed by atoms with Gasteiger partial charge in [-0.15, -0.1) is 0 Å². The Hall–Kier alpha value is -0.438. The van der Waals surface area contributed by atoms with Crippen molar-refractivity contribution in [2.45, 2.75) is 90.9 Å². The van der Waals surface area contributed by atoms with Gasteiger partial charge in [0.15, 0.2) is 0 Å². The van der Waals surface area contributed by atoms with Gasteiger partial charge in [0.05, 0.1) is 12.5 Å². The van der Waals surface area contributed by atoms with Crippen molar-refractivity contribution in [2.24, 2.45) is 0 Å². The minimum atomic E-state index is 0. The summed E-state index contributed by atoms with van der Waals surface area (Å²) < 4.78 is 10.6. The fourth-order valence-corrected chi connectivity index (χ4v) is 7.78.